The minimum Gasteiger partial charge on any atom is -0.272 e. The van der Waals surface area contributed by atoms with Crippen LogP contribution in [0.15, 0.2) is 83.1 Å². The number of nitrogens with zero attached hydrogens (tertiary/aromatic N) is 4. The Bertz CT molecular complexity index is 1400. The van der Waals surface area contributed by atoms with Crippen LogP contribution in [0.1, 0.15) is 44.4 Å². The van der Waals surface area contributed by atoms with Gasteiger partial charge in [0.25, 0.3) is 5.91 Å². The summed E-state index contributed by atoms with van der Waals surface area (Å²) in [5.74, 6) is 0.640. The molecule has 0 unspecified atom stereocenters. The van der Waals surface area contributed by atoms with Crippen molar-refractivity contribution in [2.75, 3.05) is 5.75 Å². The molecule has 6 nitrogen and oxygen atoms in total. The lowest BCUT2D eigenvalue weighted by molar-refractivity contribution is -0.118. The number of aryl methyl sites for hydroxylation is 1. The highest BCUT2D eigenvalue weighted by Crippen LogP contribution is 2.30. The fourth-order valence-electron chi connectivity index (χ4n) is 3.66. The summed E-state index contributed by atoms with van der Waals surface area (Å²) < 4.78 is 1.99. The fourth-order valence-corrected chi connectivity index (χ4v) is 4.53. The highest BCUT2D eigenvalue weighted by atomic mass is 35.5. The van der Waals surface area contributed by atoms with Gasteiger partial charge in [0.15, 0.2) is 11.0 Å². The number of hydrogen-bond donors (Lipinski definition) is 1. The molecule has 8 heteroatoms. The number of amides is 1. The lowest BCUT2D eigenvalue weighted by Gasteiger charge is -2.19. The molecule has 4 rings (SSSR count). The Kier molecular flexibility index (Phi) is 8.15. The van der Waals surface area contributed by atoms with Crippen LogP contribution in [0.4, 0.5) is 0 Å². The smallest absolute Gasteiger partial charge is 0.250 e. The Morgan fingerprint density at radius 3 is 2.24 bits per heavy atom. The largest absolute Gasteiger partial charge is 0.272 e. The summed E-state index contributed by atoms with van der Waals surface area (Å²) in [7, 11) is 0. The van der Waals surface area contributed by atoms with Gasteiger partial charge >= 0.3 is 0 Å². The van der Waals surface area contributed by atoms with Crippen molar-refractivity contribution in [1.82, 2.24) is 20.2 Å². The van der Waals surface area contributed by atoms with Crippen molar-refractivity contribution in [3.05, 3.63) is 94.5 Å². The molecule has 0 saturated carbocycles. The molecule has 1 heterocycles. The summed E-state index contributed by atoms with van der Waals surface area (Å²) >= 11 is 7.27. The van der Waals surface area contributed by atoms with E-state index in [2.05, 4.69) is 84.8 Å². The van der Waals surface area contributed by atoms with E-state index in [9.17, 15) is 4.79 Å². The number of rotatable bonds is 7. The van der Waals surface area contributed by atoms with E-state index >= 15 is 0 Å². The quantitative estimate of drug-likeness (QED) is 0.161. The Morgan fingerprint density at radius 2 is 1.62 bits per heavy atom. The van der Waals surface area contributed by atoms with E-state index in [-0.39, 0.29) is 17.1 Å². The van der Waals surface area contributed by atoms with Gasteiger partial charge in [0.05, 0.1) is 11.5 Å². The number of nitrogens with one attached hydrogen (secondary N) is 1. The molecule has 3 aromatic carbocycles. The van der Waals surface area contributed by atoms with E-state index in [0.717, 1.165) is 28.2 Å². The minimum absolute atomic E-state index is 0.0614. The third kappa shape index (κ3) is 6.67. The monoisotopic (exact) mass is 531 g/mol. The first-order valence-electron chi connectivity index (χ1n) is 12.0. The molecule has 0 fully saturated rings. The molecule has 0 aliphatic carbocycles. The average Bonchev–Trinajstić information content (AvgIpc) is 3.30. The maximum Gasteiger partial charge on any atom is 0.250 e. The molecule has 0 bridgehead atoms. The third-order valence-electron chi connectivity index (χ3n) is 5.88. The fraction of sp³-hybridized carbons (Fsp3) is 0.241. The van der Waals surface area contributed by atoms with Gasteiger partial charge in [0.1, 0.15) is 0 Å². The average molecular weight is 532 g/mol. The summed E-state index contributed by atoms with van der Waals surface area (Å²) in [5.41, 5.74) is 8.58. The second kappa shape index (κ2) is 11.3. The number of aromatic nitrogens is 3. The van der Waals surface area contributed by atoms with Gasteiger partial charge in [-0.3, -0.25) is 9.36 Å². The number of carbonyl (C=O) groups excluding carboxylic acids is 1. The molecule has 0 spiro atoms. The number of benzene rings is 3. The molecule has 0 atom stereocenters. The first-order valence-corrected chi connectivity index (χ1v) is 13.3. The van der Waals surface area contributed by atoms with Crippen molar-refractivity contribution < 1.29 is 4.79 Å². The van der Waals surface area contributed by atoms with Crippen LogP contribution < -0.4 is 5.43 Å². The highest BCUT2D eigenvalue weighted by molar-refractivity contribution is 7.99. The number of hydrazone groups is 1. The Morgan fingerprint density at radius 1 is 0.973 bits per heavy atom. The molecule has 1 N–H and O–H groups in total. The van der Waals surface area contributed by atoms with Gasteiger partial charge in [0, 0.05) is 16.3 Å². The summed E-state index contributed by atoms with van der Waals surface area (Å²) in [5, 5.41) is 14.4. The SMILES string of the molecule is C/C(=N/NC(=O)CSc1nnc(-c2ccc(C(C)(C)C)cc2)n1-c1ccc(C)cc1)c1ccc(Cl)cc1. The van der Waals surface area contributed by atoms with E-state index in [1.165, 1.54) is 17.3 Å². The topological polar surface area (TPSA) is 72.2 Å². The maximum absolute atomic E-state index is 12.6. The molecule has 0 radical (unpaired) electrons. The van der Waals surface area contributed by atoms with E-state index < -0.39 is 0 Å². The van der Waals surface area contributed by atoms with Crippen LogP contribution in [0.2, 0.25) is 5.02 Å². The molecule has 4 aromatic rings. The molecule has 1 amide bonds. The van der Waals surface area contributed by atoms with Gasteiger partial charge in [-0.1, -0.05) is 98.2 Å². The standard InChI is InChI=1S/C29H30ClN5OS/c1-19-6-16-25(17-7-19)35-27(22-8-12-23(13-9-22)29(3,4)5)33-34-28(35)37-18-26(36)32-31-20(2)21-10-14-24(30)15-11-21/h6-17H,18H2,1-5H3,(H,32,36)/b31-20-. The van der Waals surface area contributed by atoms with Gasteiger partial charge in [-0.05, 0) is 54.7 Å². The summed E-state index contributed by atoms with van der Waals surface area (Å²) in [6.45, 7) is 10.5. The molecule has 37 heavy (non-hydrogen) atoms. The second-order valence-corrected chi connectivity index (χ2v) is 11.2. The molecule has 0 aliphatic rings. The second-order valence-electron chi connectivity index (χ2n) is 9.83. The van der Waals surface area contributed by atoms with Gasteiger partial charge in [-0.25, -0.2) is 5.43 Å². The Labute approximate surface area is 227 Å². The predicted octanol–water partition coefficient (Wildman–Crippen LogP) is 6.83. The van der Waals surface area contributed by atoms with Crippen LogP contribution >= 0.6 is 23.4 Å². The van der Waals surface area contributed by atoms with Crippen molar-refractivity contribution in [3.63, 3.8) is 0 Å². The van der Waals surface area contributed by atoms with Crippen LogP contribution in [0, 0.1) is 6.92 Å². The van der Waals surface area contributed by atoms with E-state index in [1.54, 1.807) is 12.1 Å². The molecular formula is C29H30ClN5OS. The van der Waals surface area contributed by atoms with Crippen molar-refractivity contribution in [1.29, 1.82) is 0 Å². The van der Waals surface area contributed by atoms with E-state index in [0.29, 0.717) is 15.9 Å². The zero-order valence-corrected chi connectivity index (χ0v) is 23.2. The van der Waals surface area contributed by atoms with Gasteiger partial charge in [-0.2, -0.15) is 5.10 Å². The molecule has 1 aromatic heterocycles. The lowest BCUT2D eigenvalue weighted by atomic mass is 9.87. The number of thioether (sulfide) groups is 1. The van der Waals surface area contributed by atoms with Gasteiger partial charge < -0.3 is 0 Å². The first kappa shape index (κ1) is 26.6. The van der Waals surface area contributed by atoms with Crippen molar-refractivity contribution in [2.45, 2.75) is 45.2 Å². The van der Waals surface area contributed by atoms with Crippen molar-refractivity contribution in [3.8, 4) is 17.1 Å². The van der Waals surface area contributed by atoms with E-state index in [1.807, 2.05) is 35.8 Å². The van der Waals surface area contributed by atoms with Crippen LogP contribution in [-0.4, -0.2) is 32.1 Å². The summed E-state index contributed by atoms with van der Waals surface area (Å²) in [4.78, 5) is 12.6. The van der Waals surface area contributed by atoms with Crippen LogP contribution in [0.5, 0.6) is 0 Å². The number of halogens is 1. The van der Waals surface area contributed by atoms with Crippen LogP contribution in [-0.2, 0) is 10.2 Å². The van der Waals surface area contributed by atoms with Crippen LogP contribution in [0.25, 0.3) is 17.1 Å². The van der Waals surface area contributed by atoms with Crippen molar-refractivity contribution >= 4 is 35.0 Å². The molecular weight excluding hydrogens is 502 g/mol. The summed E-state index contributed by atoms with van der Waals surface area (Å²) in [6.07, 6.45) is 0. The Balaban J connectivity index is 1.55. The van der Waals surface area contributed by atoms with Gasteiger partial charge in [-0.15, -0.1) is 10.2 Å². The molecule has 0 saturated heterocycles. The molecule has 0 aliphatic heterocycles. The summed E-state index contributed by atoms with van der Waals surface area (Å²) in [6, 6.07) is 23.9. The number of carbonyl (C=O) groups is 1. The van der Waals surface area contributed by atoms with Crippen molar-refractivity contribution in [2.24, 2.45) is 5.10 Å². The zero-order valence-electron chi connectivity index (χ0n) is 21.6. The first-order chi connectivity index (χ1) is 17.6. The van der Waals surface area contributed by atoms with Gasteiger partial charge in [0.2, 0.25) is 0 Å². The molecule has 190 valence electrons. The third-order valence-corrected chi connectivity index (χ3v) is 7.06. The van der Waals surface area contributed by atoms with E-state index in [4.69, 9.17) is 11.6 Å². The normalized spacial score (nSPS) is 12.0. The van der Waals surface area contributed by atoms with Crippen LogP contribution in [0.3, 0.4) is 0 Å². The predicted molar refractivity (Wildman–Crippen MR) is 153 cm³/mol. The maximum atomic E-state index is 12.6. The Hall–Kier alpha value is -3.42. The minimum atomic E-state index is -0.229. The zero-order chi connectivity index (χ0) is 26.6. The number of hydrogen-bond acceptors (Lipinski definition) is 5. The highest BCUT2D eigenvalue weighted by Gasteiger charge is 2.19. The lowest BCUT2D eigenvalue weighted by Crippen LogP contribution is -2.21.